The molecule has 0 unspecified atom stereocenters. The zero-order valence-corrected chi connectivity index (χ0v) is 9.65. The highest BCUT2D eigenvalue weighted by Gasteiger charge is 2.09. The predicted octanol–water partition coefficient (Wildman–Crippen LogP) is 0.873. The third-order valence-electron chi connectivity index (χ3n) is 2.37. The molecule has 0 aliphatic rings. The minimum Gasteiger partial charge on any atom is -0.478 e. The molecule has 94 valence electrons. The average molecular weight is 247 g/mol. The van der Waals surface area contributed by atoms with Crippen molar-refractivity contribution in [1.29, 1.82) is 0 Å². The zero-order valence-electron chi connectivity index (χ0n) is 9.65. The number of anilines is 1. The first-order chi connectivity index (χ1) is 8.77. The molecule has 0 amide bonds. The molecule has 0 aliphatic carbocycles. The van der Waals surface area contributed by atoms with Gasteiger partial charge in [-0.2, -0.15) is 0 Å². The molecule has 0 atom stereocenters. The van der Waals surface area contributed by atoms with Gasteiger partial charge < -0.3 is 10.4 Å². The Morgan fingerprint density at radius 1 is 1.44 bits per heavy atom. The molecule has 2 N–H and O–H groups in total. The molecule has 0 fully saturated rings. The minimum absolute atomic E-state index is 0.179. The van der Waals surface area contributed by atoms with Gasteiger partial charge in [-0.15, -0.1) is 5.10 Å². The highest BCUT2D eigenvalue weighted by Crippen LogP contribution is 2.10. The van der Waals surface area contributed by atoms with Gasteiger partial charge in [-0.1, -0.05) is 5.21 Å². The van der Waals surface area contributed by atoms with Crippen molar-refractivity contribution < 1.29 is 9.90 Å². The van der Waals surface area contributed by atoms with Crippen molar-refractivity contribution in [1.82, 2.24) is 20.0 Å². The summed E-state index contributed by atoms with van der Waals surface area (Å²) in [4.78, 5) is 14.9. The van der Waals surface area contributed by atoms with Crippen LogP contribution in [-0.4, -0.2) is 37.6 Å². The van der Waals surface area contributed by atoms with Gasteiger partial charge in [-0.3, -0.25) is 4.68 Å². The number of aryl methyl sites for hydroxylation is 1. The number of hydrogen-bond donors (Lipinski definition) is 2. The standard InChI is InChI=1S/C11H13N5O2/c17-11(18)9-3-1-4-12-10(9)13-5-2-7-16-8-6-14-15-16/h1,3-4,6,8H,2,5,7H2,(H,12,13)(H,17,18). The quantitative estimate of drug-likeness (QED) is 0.736. The van der Waals surface area contributed by atoms with Crippen molar-refractivity contribution in [2.45, 2.75) is 13.0 Å². The van der Waals surface area contributed by atoms with E-state index in [1.807, 2.05) is 0 Å². The molecule has 0 radical (unpaired) electrons. The molecule has 0 aliphatic heterocycles. The van der Waals surface area contributed by atoms with Crippen LogP contribution < -0.4 is 5.32 Å². The topological polar surface area (TPSA) is 92.9 Å². The normalized spacial score (nSPS) is 10.2. The third kappa shape index (κ3) is 3.03. The van der Waals surface area contributed by atoms with Crippen molar-refractivity contribution in [3.63, 3.8) is 0 Å². The second kappa shape index (κ2) is 5.76. The molecule has 0 saturated heterocycles. The van der Waals surface area contributed by atoms with Gasteiger partial charge in [0.15, 0.2) is 0 Å². The van der Waals surface area contributed by atoms with Gasteiger partial charge in [-0.05, 0) is 18.6 Å². The molecule has 0 bridgehead atoms. The SMILES string of the molecule is O=C(O)c1cccnc1NCCCn1ccnn1. The van der Waals surface area contributed by atoms with Gasteiger partial charge in [0.25, 0.3) is 0 Å². The van der Waals surface area contributed by atoms with Crippen molar-refractivity contribution in [2.75, 3.05) is 11.9 Å². The fourth-order valence-electron chi connectivity index (χ4n) is 1.52. The number of pyridine rings is 1. The molecule has 2 heterocycles. The molecular weight excluding hydrogens is 234 g/mol. The van der Waals surface area contributed by atoms with Crippen LogP contribution >= 0.6 is 0 Å². The number of nitrogens with one attached hydrogen (secondary N) is 1. The summed E-state index contributed by atoms with van der Waals surface area (Å²) in [6.45, 7) is 1.35. The molecule has 2 aromatic heterocycles. The fraction of sp³-hybridized carbons (Fsp3) is 0.273. The number of carboxylic acids is 1. The van der Waals surface area contributed by atoms with Crippen LogP contribution in [0.4, 0.5) is 5.82 Å². The van der Waals surface area contributed by atoms with Crippen molar-refractivity contribution >= 4 is 11.8 Å². The van der Waals surface area contributed by atoms with E-state index in [9.17, 15) is 4.79 Å². The van der Waals surface area contributed by atoms with Crippen LogP contribution in [0.3, 0.4) is 0 Å². The van der Waals surface area contributed by atoms with E-state index in [4.69, 9.17) is 5.11 Å². The van der Waals surface area contributed by atoms with Crippen molar-refractivity contribution in [2.24, 2.45) is 0 Å². The zero-order chi connectivity index (χ0) is 12.8. The van der Waals surface area contributed by atoms with E-state index < -0.39 is 5.97 Å². The summed E-state index contributed by atoms with van der Waals surface area (Å²) in [5, 5.41) is 19.5. The molecule has 7 nitrogen and oxygen atoms in total. The highest BCUT2D eigenvalue weighted by molar-refractivity contribution is 5.92. The maximum absolute atomic E-state index is 10.9. The molecule has 7 heteroatoms. The maximum atomic E-state index is 10.9. The molecule has 2 rings (SSSR count). The van der Waals surface area contributed by atoms with Gasteiger partial charge in [0.2, 0.25) is 0 Å². The van der Waals surface area contributed by atoms with Crippen LogP contribution in [0.5, 0.6) is 0 Å². The van der Waals surface area contributed by atoms with Gasteiger partial charge >= 0.3 is 5.97 Å². The average Bonchev–Trinajstić information content (AvgIpc) is 2.88. The lowest BCUT2D eigenvalue weighted by Gasteiger charge is -2.07. The molecule has 0 saturated carbocycles. The Kier molecular flexibility index (Phi) is 3.85. The lowest BCUT2D eigenvalue weighted by molar-refractivity contribution is 0.0697. The number of rotatable bonds is 6. The molecular formula is C11H13N5O2. The predicted molar refractivity (Wildman–Crippen MR) is 64.3 cm³/mol. The summed E-state index contributed by atoms with van der Waals surface area (Å²) < 4.78 is 1.72. The third-order valence-corrected chi connectivity index (χ3v) is 2.37. The number of hydrogen-bond acceptors (Lipinski definition) is 5. The first kappa shape index (κ1) is 12.0. The second-order valence-corrected chi connectivity index (χ2v) is 3.65. The van der Waals surface area contributed by atoms with E-state index in [0.29, 0.717) is 12.4 Å². The van der Waals surface area contributed by atoms with E-state index in [2.05, 4.69) is 20.6 Å². The summed E-state index contributed by atoms with van der Waals surface area (Å²) in [6, 6.07) is 3.12. The monoisotopic (exact) mass is 247 g/mol. The van der Waals surface area contributed by atoms with Gasteiger partial charge in [0.05, 0.1) is 6.20 Å². The number of carbonyl (C=O) groups is 1. The largest absolute Gasteiger partial charge is 0.478 e. The Morgan fingerprint density at radius 3 is 3.06 bits per heavy atom. The number of aromatic carboxylic acids is 1. The van der Waals surface area contributed by atoms with E-state index in [0.717, 1.165) is 13.0 Å². The van der Waals surface area contributed by atoms with Crippen LogP contribution in [0.1, 0.15) is 16.8 Å². The lowest BCUT2D eigenvalue weighted by Crippen LogP contribution is -2.11. The minimum atomic E-state index is -0.984. The summed E-state index contributed by atoms with van der Waals surface area (Å²) in [7, 11) is 0. The van der Waals surface area contributed by atoms with E-state index in [-0.39, 0.29) is 5.56 Å². The van der Waals surface area contributed by atoms with E-state index in [1.54, 1.807) is 29.3 Å². The van der Waals surface area contributed by atoms with E-state index in [1.165, 1.54) is 6.07 Å². The Morgan fingerprint density at radius 2 is 2.33 bits per heavy atom. The lowest BCUT2D eigenvalue weighted by atomic mass is 10.2. The first-order valence-corrected chi connectivity index (χ1v) is 5.53. The molecule has 18 heavy (non-hydrogen) atoms. The van der Waals surface area contributed by atoms with E-state index >= 15 is 0 Å². The highest BCUT2D eigenvalue weighted by atomic mass is 16.4. The molecule has 2 aromatic rings. The summed E-state index contributed by atoms with van der Waals surface area (Å²) in [5.41, 5.74) is 0.179. The molecule has 0 aromatic carbocycles. The number of aromatic nitrogens is 4. The summed E-state index contributed by atoms with van der Waals surface area (Å²) in [5.74, 6) is -0.592. The van der Waals surface area contributed by atoms with Gasteiger partial charge in [0, 0.05) is 25.5 Å². The van der Waals surface area contributed by atoms with Crippen LogP contribution in [0.15, 0.2) is 30.7 Å². The van der Waals surface area contributed by atoms with Gasteiger partial charge in [0.1, 0.15) is 11.4 Å². The second-order valence-electron chi connectivity index (χ2n) is 3.65. The summed E-state index contributed by atoms with van der Waals surface area (Å²) >= 11 is 0. The maximum Gasteiger partial charge on any atom is 0.339 e. The molecule has 0 spiro atoms. The number of carboxylic acid groups (broad SMARTS) is 1. The Hall–Kier alpha value is -2.44. The Bertz CT molecular complexity index is 512. The Balaban J connectivity index is 1.85. The van der Waals surface area contributed by atoms with Crippen LogP contribution in [-0.2, 0) is 6.54 Å². The van der Waals surface area contributed by atoms with Crippen LogP contribution in [0, 0.1) is 0 Å². The fourth-order valence-corrected chi connectivity index (χ4v) is 1.52. The first-order valence-electron chi connectivity index (χ1n) is 5.53. The Labute approximate surface area is 103 Å². The smallest absolute Gasteiger partial charge is 0.339 e. The summed E-state index contributed by atoms with van der Waals surface area (Å²) in [6.07, 6.45) is 5.77. The van der Waals surface area contributed by atoms with Gasteiger partial charge in [-0.25, -0.2) is 9.78 Å². The van der Waals surface area contributed by atoms with Crippen LogP contribution in [0.2, 0.25) is 0 Å². The van der Waals surface area contributed by atoms with Crippen molar-refractivity contribution in [3.05, 3.63) is 36.3 Å². The van der Waals surface area contributed by atoms with Crippen molar-refractivity contribution in [3.8, 4) is 0 Å². The van der Waals surface area contributed by atoms with Crippen LogP contribution in [0.25, 0.3) is 0 Å². The number of nitrogens with zero attached hydrogens (tertiary/aromatic N) is 4.